The Morgan fingerprint density at radius 3 is 2.41 bits per heavy atom. The lowest BCUT2D eigenvalue weighted by atomic mass is 10.0. The molecule has 0 saturated carbocycles. The zero-order valence-electron chi connectivity index (χ0n) is 9.93. The van der Waals surface area contributed by atoms with Gasteiger partial charge in [0, 0.05) is 0 Å². The first-order valence-electron chi connectivity index (χ1n) is 4.96. The van der Waals surface area contributed by atoms with Crippen molar-refractivity contribution in [2.75, 3.05) is 13.4 Å². The molecule has 0 unspecified atom stereocenters. The Hall–Kier alpha value is -1.40. The Morgan fingerprint density at radius 2 is 1.94 bits per heavy atom. The molecule has 0 fully saturated rings. The van der Waals surface area contributed by atoms with E-state index in [1.807, 2.05) is 6.07 Å². The molecule has 5 nitrogen and oxygen atoms in total. The number of ether oxygens (including phenoxy) is 1. The minimum atomic E-state index is -3.49. The number of benzene rings is 1. The van der Waals surface area contributed by atoms with Crippen LogP contribution < -0.4 is 4.72 Å². The fourth-order valence-corrected chi connectivity index (χ4v) is 2.13. The van der Waals surface area contributed by atoms with E-state index in [0.717, 1.165) is 11.8 Å². The lowest BCUT2D eigenvalue weighted by Crippen LogP contribution is -2.34. The van der Waals surface area contributed by atoms with Crippen molar-refractivity contribution in [2.24, 2.45) is 0 Å². The summed E-state index contributed by atoms with van der Waals surface area (Å²) in [4.78, 5) is 11.6. The van der Waals surface area contributed by atoms with E-state index < -0.39 is 22.0 Å². The van der Waals surface area contributed by atoms with Gasteiger partial charge in [0.05, 0.1) is 13.4 Å². The zero-order valence-corrected chi connectivity index (χ0v) is 10.7. The van der Waals surface area contributed by atoms with Gasteiger partial charge >= 0.3 is 5.97 Å². The van der Waals surface area contributed by atoms with Gasteiger partial charge in [-0.2, -0.15) is 4.72 Å². The number of carbonyl (C=O) groups is 1. The van der Waals surface area contributed by atoms with Crippen LogP contribution in [0.5, 0.6) is 0 Å². The number of sulfonamides is 1. The van der Waals surface area contributed by atoms with Crippen LogP contribution in [0.15, 0.2) is 24.3 Å². The summed E-state index contributed by atoms with van der Waals surface area (Å²) < 4.78 is 29.3. The summed E-state index contributed by atoms with van der Waals surface area (Å²) in [5.74, 6) is -0.635. The maximum Gasteiger partial charge on any atom is 0.328 e. The van der Waals surface area contributed by atoms with Crippen LogP contribution in [0.2, 0.25) is 0 Å². The first-order chi connectivity index (χ1) is 7.85. The van der Waals surface area contributed by atoms with E-state index in [9.17, 15) is 13.2 Å². The van der Waals surface area contributed by atoms with E-state index in [4.69, 9.17) is 0 Å². The molecule has 1 aromatic rings. The van der Waals surface area contributed by atoms with Crippen molar-refractivity contribution in [2.45, 2.75) is 13.0 Å². The van der Waals surface area contributed by atoms with Gasteiger partial charge in [-0.1, -0.05) is 24.3 Å². The molecule has 0 aliphatic heterocycles. The molecule has 0 spiro atoms. The molecule has 1 atom stereocenters. The molecule has 94 valence electrons. The summed E-state index contributed by atoms with van der Waals surface area (Å²) in [6.45, 7) is 1.80. The van der Waals surface area contributed by atoms with Crippen LogP contribution in [-0.2, 0) is 19.6 Å². The van der Waals surface area contributed by atoms with Gasteiger partial charge in [-0.3, -0.25) is 0 Å². The van der Waals surface area contributed by atoms with Crippen LogP contribution in [0.3, 0.4) is 0 Å². The highest BCUT2D eigenvalue weighted by molar-refractivity contribution is 7.88. The molecule has 1 N–H and O–H groups in total. The Kier molecular flexibility index (Phi) is 4.25. The normalized spacial score (nSPS) is 13.1. The first kappa shape index (κ1) is 13.7. The maximum absolute atomic E-state index is 11.6. The Balaban J connectivity index is 3.16. The van der Waals surface area contributed by atoms with Gasteiger partial charge in [-0.05, 0) is 18.1 Å². The van der Waals surface area contributed by atoms with Crippen molar-refractivity contribution >= 4 is 16.0 Å². The number of carbonyl (C=O) groups excluding carboxylic acids is 1. The number of nitrogens with one attached hydrogen (secondary N) is 1. The third-order valence-electron chi connectivity index (χ3n) is 2.27. The molecule has 0 aliphatic rings. The molecule has 0 radical (unpaired) electrons. The largest absolute Gasteiger partial charge is 0.468 e. The quantitative estimate of drug-likeness (QED) is 0.808. The smallest absolute Gasteiger partial charge is 0.328 e. The molecule has 1 rings (SSSR count). The van der Waals surface area contributed by atoms with Gasteiger partial charge < -0.3 is 4.74 Å². The first-order valence-corrected chi connectivity index (χ1v) is 6.85. The van der Waals surface area contributed by atoms with Crippen LogP contribution in [-0.4, -0.2) is 27.8 Å². The highest BCUT2D eigenvalue weighted by atomic mass is 32.2. The van der Waals surface area contributed by atoms with Crippen molar-refractivity contribution in [3.63, 3.8) is 0 Å². The second-order valence-corrected chi connectivity index (χ2v) is 5.48. The molecule has 0 saturated heterocycles. The summed E-state index contributed by atoms with van der Waals surface area (Å²) >= 11 is 0. The Morgan fingerprint density at radius 1 is 1.35 bits per heavy atom. The lowest BCUT2D eigenvalue weighted by molar-refractivity contribution is -0.142. The predicted octanol–water partition coefficient (Wildman–Crippen LogP) is 0.758. The molecular weight excluding hydrogens is 242 g/mol. The molecule has 6 heteroatoms. The molecule has 0 heterocycles. The molecule has 0 aromatic heterocycles. The van der Waals surface area contributed by atoms with Crippen LogP contribution in [0.4, 0.5) is 0 Å². The van der Waals surface area contributed by atoms with Crippen LogP contribution in [0, 0.1) is 6.92 Å². The fraction of sp³-hybridized carbons (Fsp3) is 0.364. The Bertz CT molecular complexity index is 510. The highest BCUT2D eigenvalue weighted by Crippen LogP contribution is 2.19. The van der Waals surface area contributed by atoms with Crippen molar-refractivity contribution in [1.29, 1.82) is 0 Å². The average molecular weight is 257 g/mol. The predicted molar refractivity (Wildman–Crippen MR) is 63.9 cm³/mol. The number of rotatable bonds is 4. The molecular formula is C11H15NO4S. The van der Waals surface area contributed by atoms with Crippen molar-refractivity contribution in [1.82, 2.24) is 4.72 Å². The molecule has 0 bridgehead atoms. The lowest BCUT2D eigenvalue weighted by Gasteiger charge is -2.17. The van der Waals surface area contributed by atoms with Crippen molar-refractivity contribution < 1.29 is 17.9 Å². The summed E-state index contributed by atoms with van der Waals surface area (Å²) in [6, 6.07) is 6.04. The van der Waals surface area contributed by atoms with E-state index in [1.165, 1.54) is 7.11 Å². The number of aryl methyl sites for hydroxylation is 1. The van der Waals surface area contributed by atoms with Gasteiger partial charge in [-0.25, -0.2) is 13.2 Å². The molecule has 1 aromatic carbocycles. The third kappa shape index (κ3) is 3.83. The van der Waals surface area contributed by atoms with E-state index in [1.54, 1.807) is 25.1 Å². The van der Waals surface area contributed by atoms with Gasteiger partial charge in [0.25, 0.3) is 0 Å². The number of hydrogen-bond acceptors (Lipinski definition) is 4. The second-order valence-electron chi connectivity index (χ2n) is 3.70. The van der Waals surface area contributed by atoms with Crippen LogP contribution in [0.25, 0.3) is 0 Å². The van der Waals surface area contributed by atoms with Crippen LogP contribution in [0.1, 0.15) is 17.2 Å². The number of hydrogen-bond donors (Lipinski definition) is 1. The summed E-state index contributed by atoms with van der Waals surface area (Å²) in [5.41, 5.74) is 1.41. The van der Waals surface area contributed by atoms with E-state index in [0.29, 0.717) is 5.56 Å². The number of esters is 1. The van der Waals surface area contributed by atoms with Crippen LogP contribution >= 0.6 is 0 Å². The topological polar surface area (TPSA) is 72.5 Å². The second kappa shape index (κ2) is 5.29. The van der Waals surface area contributed by atoms with Gasteiger partial charge in [-0.15, -0.1) is 0 Å². The molecule has 0 amide bonds. The summed E-state index contributed by atoms with van der Waals surface area (Å²) in [6.07, 6.45) is 1.00. The SMILES string of the molecule is COC(=O)[C@@H](NS(C)(=O)=O)c1ccccc1C. The number of methoxy groups -OCH3 is 1. The third-order valence-corrected chi connectivity index (χ3v) is 2.93. The minimum Gasteiger partial charge on any atom is -0.468 e. The standard InChI is InChI=1S/C11H15NO4S/c1-8-6-4-5-7-9(8)10(11(13)16-2)12-17(3,14)15/h4-7,10,12H,1-3H3/t10-/m0/s1. The van der Waals surface area contributed by atoms with Crippen molar-refractivity contribution in [3.05, 3.63) is 35.4 Å². The molecule has 0 aliphatic carbocycles. The zero-order chi connectivity index (χ0) is 13.1. The van der Waals surface area contributed by atoms with E-state index in [2.05, 4.69) is 9.46 Å². The van der Waals surface area contributed by atoms with Gasteiger partial charge in [0.15, 0.2) is 0 Å². The van der Waals surface area contributed by atoms with E-state index in [-0.39, 0.29) is 0 Å². The summed E-state index contributed by atoms with van der Waals surface area (Å²) in [5, 5.41) is 0. The van der Waals surface area contributed by atoms with Gasteiger partial charge in [0.1, 0.15) is 6.04 Å². The minimum absolute atomic E-state index is 0.588. The van der Waals surface area contributed by atoms with Gasteiger partial charge in [0.2, 0.25) is 10.0 Å². The van der Waals surface area contributed by atoms with E-state index >= 15 is 0 Å². The average Bonchev–Trinajstić information content (AvgIpc) is 2.25. The highest BCUT2D eigenvalue weighted by Gasteiger charge is 2.25. The maximum atomic E-state index is 11.6. The monoisotopic (exact) mass is 257 g/mol. The van der Waals surface area contributed by atoms with Crippen molar-refractivity contribution in [3.8, 4) is 0 Å². The summed E-state index contributed by atoms with van der Waals surface area (Å²) in [7, 11) is -2.27. The molecule has 17 heavy (non-hydrogen) atoms. The fourth-order valence-electron chi connectivity index (χ4n) is 1.48. The Labute approximate surface area is 101 Å².